The van der Waals surface area contributed by atoms with Crippen molar-refractivity contribution in [2.24, 2.45) is 0 Å². The van der Waals surface area contributed by atoms with Gasteiger partial charge < -0.3 is 15.0 Å². The maximum absolute atomic E-state index is 5.91. The summed E-state index contributed by atoms with van der Waals surface area (Å²) >= 11 is 0. The minimum absolute atomic E-state index is 0.417. The van der Waals surface area contributed by atoms with Gasteiger partial charge in [-0.2, -0.15) is 0 Å². The number of nitrogens with one attached hydrogen (secondary N) is 1. The Hall–Kier alpha value is -0.980. The summed E-state index contributed by atoms with van der Waals surface area (Å²) < 4.78 is 7.79. The molecule has 6 heteroatoms. The Labute approximate surface area is 121 Å². The van der Waals surface area contributed by atoms with E-state index in [1.165, 1.54) is 0 Å². The van der Waals surface area contributed by atoms with Crippen LogP contribution in [0.1, 0.15) is 31.9 Å². The molecule has 0 saturated carbocycles. The minimum atomic E-state index is 0.417. The summed E-state index contributed by atoms with van der Waals surface area (Å²) in [6.45, 7) is 7.76. The van der Waals surface area contributed by atoms with Crippen molar-refractivity contribution in [1.29, 1.82) is 0 Å². The number of likely N-dealkylation sites (tertiary alicyclic amines) is 1. The molecule has 6 nitrogen and oxygen atoms in total. The van der Waals surface area contributed by atoms with Crippen LogP contribution in [0.4, 0.5) is 0 Å². The van der Waals surface area contributed by atoms with Gasteiger partial charge in [0.05, 0.1) is 24.9 Å². The van der Waals surface area contributed by atoms with Gasteiger partial charge in [-0.05, 0) is 32.9 Å². The van der Waals surface area contributed by atoms with E-state index in [1.807, 2.05) is 10.9 Å². The first kappa shape index (κ1) is 15.4. The quantitative estimate of drug-likeness (QED) is 0.717. The van der Waals surface area contributed by atoms with Crippen LogP contribution in [0.15, 0.2) is 6.20 Å². The molecule has 1 saturated heterocycles. The Kier molecular flexibility index (Phi) is 6.42. The maximum atomic E-state index is 5.91. The van der Waals surface area contributed by atoms with Crippen LogP contribution in [0, 0.1) is 0 Å². The summed E-state index contributed by atoms with van der Waals surface area (Å²) in [4.78, 5) is 2.35. The van der Waals surface area contributed by atoms with E-state index >= 15 is 0 Å². The molecule has 0 radical (unpaired) electrons. The van der Waals surface area contributed by atoms with Gasteiger partial charge >= 0.3 is 0 Å². The smallest absolute Gasteiger partial charge is 0.0964 e. The fourth-order valence-electron chi connectivity index (χ4n) is 2.39. The predicted molar refractivity (Wildman–Crippen MR) is 78.5 cm³/mol. The third-order valence-corrected chi connectivity index (χ3v) is 3.66. The normalized spacial score (nSPS) is 17.7. The van der Waals surface area contributed by atoms with Gasteiger partial charge in [0, 0.05) is 25.8 Å². The Balaban J connectivity index is 1.61. The van der Waals surface area contributed by atoms with Crippen molar-refractivity contribution in [3.8, 4) is 0 Å². The zero-order valence-electron chi connectivity index (χ0n) is 12.7. The second kappa shape index (κ2) is 8.34. The highest BCUT2D eigenvalue weighted by Gasteiger charge is 2.16. The molecule has 0 bridgehead atoms. The maximum Gasteiger partial charge on any atom is 0.0964 e. The number of aromatic nitrogens is 3. The molecule has 20 heavy (non-hydrogen) atoms. The zero-order valence-corrected chi connectivity index (χ0v) is 12.7. The molecule has 1 fully saturated rings. The molecule has 1 aromatic heterocycles. The number of nitrogens with zero attached hydrogens (tertiary/aromatic N) is 4. The van der Waals surface area contributed by atoms with Gasteiger partial charge in [-0.15, -0.1) is 5.10 Å². The molecule has 0 unspecified atom stereocenters. The van der Waals surface area contributed by atoms with Crippen molar-refractivity contribution in [1.82, 2.24) is 25.2 Å². The lowest BCUT2D eigenvalue weighted by atomic mass is 10.1. The van der Waals surface area contributed by atoms with Gasteiger partial charge in [-0.25, -0.2) is 4.68 Å². The van der Waals surface area contributed by atoms with Gasteiger partial charge in [0.25, 0.3) is 0 Å². The lowest BCUT2D eigenvalue weighted by molar-refractivity contribution is 0.00771. The summed E-state index contributed by atoms with van der Waals surface area (Å²) in [5.74, 6) is 0. The van der Waals surface area contributed by atoms with Crippen molar-refractivity contribution in [3.05, 3.63) is 11.9 Å². The Morgan fingerprint density at radius 1 is 1.40 bits per heavy atom. The molecule has 1 aromatic rings. The van der Waals surface area contributed by atoms with Crippen LogP contribution in [0.2, 0.25) is 0 Å². The molecule has 0 aromatic carbocycles. The lowest BCUT2D eigenvalue weighted by Gasteiger charge is -2.28. The Morgan fingerprint density at radius 2 is 2.20 bits per heavy atom. The third kappa shape index (κ3) is 5.19. The summed E-state index contributed by atoms with van der Waals surface area (Å²) in [6.07, 6.45) is 5.83. The average Bonchev–Trinajstić information content (AvgIpc) is 2.89. The van der Waals surface area contributed by atoms with Crippen LogP contribution >= 0.6 is 0 Å². The molecule has 0 atom stereocenters. The van der Waals surface area contributed by atoms with Crippen molar-refractivity contribution in [2.75, 3.05) is 33.3 Å². The SMILES string of the molecule is CCCNCc1cn(CCOC2CCN(C)CC2)nn1. The minimum Gasteiger partial charge on any atom is -0.376 e. The van der Waals surface area contributed by atoms with Gasteiger partial charge in [0.1, 0.15) is 0 Å². The topological polar surface area (TPSA) is 55.2 Å². The Bertz CT molecular complexity index is 373. The van der Waals surface area contributed by atoms with E-state index in [-0.39, 0.29) is 0 Å². The molecular weight excluding hydrogens is 254 g/mol. The number of rotatable bonds is 8. The lowest BCUT2D eigenvalue weighted by Crippen LogP contribution is -2.34. The highest BCUT2D eigenvalue weighted by molar-refractivity contribution is 4.91. The fraction of sp³-hybridized carbons (Fsp3) is 0.857. The summed E-state index contributed by atoms with van der Waals surface area (Å²) in [5, 5.41) is 11.6. The first-order chi connectivity index (χ1) is 9.78. The van der Waals surface area contributed by atoms with Crippen LogP contribution in [-0.2, 0) is 17.8 Å². The fourth-order valence-corrected chi connectivity index (χ4v) is 2.39. The number of hydrogen-bond acceptors (Lipinski definition) is 5. The van der Waals surface area contributed by atoms with Crippen LogP contribution in [0.3, 0.4) is 0 Å². The first-order valence-electron chi connectivity index (χ1n) is 7.68. The zero-order chi connectivity index (χ0) is 14.2. The van der Waals surface area contributed by atoms with Crippen LogP contribution in [-0.4, -0.2) is 59.3 Å². The summed E-state index contributed by atoms with van der Waals surface area (Å²) in [5.41, 5.74) is 0.998. The van der Waals surface area contributed by atoms with E-state index in [9.17, 15) is 0 Å². The van der Waals surface area contributed by atoms with Crippen LogP contribution < -0.4 is 5.32 Å². The molecule has 2 heterocycles. The average molecular weight is 281 g/mol. The predicted octanol–water partition coefficient (Wildman–Crippen LogP) is 0.889. The van der Waals surface area contributed by atoms with E-state index < -0.39 is 0 Å². The molecule has 1 aliphatic rings. The second-order valence-electron chi connectivity index (χ2n) is 5.52. The van der Waals surface area contributed by atoms with Crippen LogP contribution in [0.25, 0.3) is 0 Å². The van der Waals surface area contributed by atoms with Gasteiger partial charge in [0.2, 0.25) is 0 Å². The molecule has 0 aliphatic carbocycles. The van der Waals surface area contributed by atoms with E-state index in [4.69, 9.17) is 4.74 Å². The Morgan fingerprint density at radius 3 is 2.95 bits per heavy atom. The standard InChI is InChI=1S/C14H27N5O/c1-3-6-15-11-13-12-19(17-16-13)9-10-20-14-4-7-18(2)8-5-14/h12,14-15H,3-11H2,1-2H3. The van der Waals surface area contributed by atoms with Gasteiger partial charge in [-0.1, -0.05) is 12.1 Å². The largest absolute Gasteiger partial charge is 0.376 e. The van der Waals surface area contributed by atoms with Gasteiger partial charge in [-0.3, -0.25) is 0 Å². The van der Waals surface area contributed by atoms with Crippen molar-refractivity contribution in [2.45, 2.75) is 45.4 Å². The van der Waals surface area contributed by atoms with Crippen molar-refractivity contribution in [3.63, 3.8) is 0 Å². The number of ether oxygens (including phenoxy) is 1. The van der Waals surface area contributed by atoms with E-state index in [0.29, 0.717) is 6.10 Å². The first-order valence-corrected chi connectivity index (χ1v) is 7.68. The van der Waals surface area contributed by atoms with Crippen LogP contribution in [0.5, 0.6) is 0 Å². The summed E-state index contributed by atoms with van der Waals surface area (Å²) in [7, 11) is 2.17. The second-order valence-corrected chi connectivity index (χ2v) is 5.52. The molecule has 0 amide bonds. The molecule has 1 N–H and O–H groups in total. The molecule has 1 aliphatic heterocycles. The summed E-state index contributed by atoms with van der Waals surface area (Å²) in [6, 6.07) is 0. The van der Waals surface area contributed by atoms with Crippen molar-refractivity contribution >= 4 is 0 Å². The highest BCUT2D eigenvalue weighted by Crippen LogP contribution is 2.11. The van der Waals surface area contributed by atoms with E-state index in [2.05, 4.69) is 34.5 Å². The van der Waals surface area contributed by atoms with E-state index in [1.54, 1.807) is 0 Å². The molecule has 0 spiro atoms. The molecule has 2 rings (SSSR count). The van der Waals surface area contributed by atoms with Gasteiger partial charge in [0.15, 0.2) is 0 Å². The molecular formula is C14H27N5O. The highest BCUT2D eigenvalue weighted by atomic mass is 16.5. The molecule has 114 valence electrons. The third-order valence-electron chi connectivity index (χ3n) is 3.66. The van der Waals surface area contributed by atoms with Crippen molar-refractivity contribution < 1.29 is 4.74 Å². The number of piperidine rings is 1. The monoisotopic (exact) mass is 281 g/mol. The van der Waals surface area contributed by atoms with E-state index in [0.717, 1.165) is 64.3 Å². The number of hydrogen-bond donors (Lipinski definition) is 1.